The number of aryl methyl sites for hydroxylation is 1. The molecule has 5 nitrogen and oxygen atoms in total. The molecule has 0 aliphatic carbocycles. The molecule has 3 rings (SSSR count). The molecular formula is C13H17N3O2S. The topological polar surface area (TPSA) is 55.2 Å². The van der Waals surface area contributed by atoms with Crippen LogP contribution in [0.2, 0.25) is 0 Å². The maximum absolute atomic E-state index is 12.0. The average molecular weight is 279 g/mol. The number of hydrogen-bond acceptors (Lipinski definition) is 4. The van der Waals surface area contributed by atoms with Crippen LogP contribution in [-0.2, 0) is 23.5 Å². The summed E-state index contributed by atoms with van der Waals surface area (Å²) in [6.07, 6.45) is 1.46. The smallest absolute Gasteiger partial charge is 0.267 e. The van der Waals surface area contributed by atoms with Crippen molar-refractivity contribution in [1.29, 1.82) is 0 Å². The number of amides is 1. The highest BCUT2D eigenvalue weighted by Crippen LogP contribution is 2.22. The van der Waals surface area contributed by atoms with Crippen molar-refractivity contribution in [3.8, 4) is 0 Å². The highest BCUT2D eigenvalue weighted by atomic mass is 32.2. The van der Waals surface area contributed by atoms with Gasteiger partial charge in [0.1, 0.15) is 0 Å². The third-order valence-corrected chi connectivity index (χ3v) is 4.77. The number of fused-ring (bicyclic) bond motifs is 1. The molecule has 6 heteroatoms. The molecule has 1 fully saturated rings. The van der Waals surface area contributed by atoms with Gasteiger partial charge < -0.3 is 4.90 Å². The Labute approximate surface area is 116 Å². The van der Waals surface area contributed by atoms with Crippen molar-refractivity contribution in [1.82, 2.24) is 14.7 Å². The second-order valence-corrected chi connectivity index (χ2v) is 6.39. The molecule has 2 aliphatic heterocycles. The van der Waals surface area contributed by atoms with Crippen LogP contribution in [-0.4, -0.2) is 39.9 Å². The van der Waals surface area contributed by atoms with Crippen molar-refractivity contribution in [2.24, 2.45) is 5.92 Å². The first-order valence-corrected chi connectivity index (χ1v) is 7.70. The van der Waals surface area contributed by atoms with E-state index < -0.39 is 0 Å². The minimum atomic E-state index is -0.0387. The molecule has 1 aromatic heterocycles. The van der Waals surface area contributed by atoms with Crippen LogP contribution in [0.1, 0.15) is 17.7 Å². The number of likely N-dealkylation sites (tertiary alicyclic amines) is 1. The largest absolute Gasteiger partial charge is 0.345 e. The number of carbonyl (C=O) groups excluding carboxylic acids is 1. The molecular weight excluding hydrogens is 262 g/mol. The second kappa shape index (κ2) is 5.00. The molecule has 3 heterocycles. The Kier molecular flexibility index (Phi) is 3.35. The van der Waals surface area contributed by atoms with E-state index in [0.717, 1.165) is 35.7 Å². The van der Waals surface area contributed by atoms with Crippen LogP contribution in [0.15, 0.2) is 10.9 Å². The van der Waals surface area contributed by atoms with Gasteiger partial charge in [0.05, 0.1) is 5.69 Å². The Morgan fingerprint density at radius 3 is 3.05 bits per heavy atom. The van der Waals surface area contributed by atoms with Crippen LogP contribution in [0.5, 0.6) is 0 Å². The molecule has 0 N–H and O–H groups in total. The maximum Gasteiger partial charge on any atom is 0.267 e. The van der Waals surface area contributed by atoms with E-state index >= 15 is 0 Å². The van der Waals surface area contributed by atoms with Crippen molar-refractivity contribution in [2.75, 3.05) is 19.3 Å². The molecule has 0 saturated carbocycles. The van der Waals surface area contributed by atoms with Crippen molar-refractivity contribution in [2.45, 2.75) is 25.1 Å². The number of hydrogen-bond donors (Lipinski definition) is 0. The van der Waals surface area contributed by atoms with Crippen LogP contribution in [0.25, 0.3) is 0 Å². The zero-order valence-corrected chi connectivity index (χ0v) is 11.8. The van der Waals surface area contributed by atoms with Crippen LogP contribution < -0.4 is 5.56 Å². The zero-order chi connectivity index (χ0) is 13.4. The van der Waals surface area contributed by atoms with E-state index in [1.165, 1.54) is 0 Å². The summed E-state index contributed by atoms with van der Waals surface area (Å²) in [7, 11) is 1.81. The first kappa shape index (κ1) is 12.7. The van der Waals surface area contributed by atoms with Crippen LogP contribution in [0.4, 0.5) is 0 Å². The van der Waals surface area contributed by atoms with Gasteiger partial charge in [0, 0.05) is 50.7 Å². The standard InChI is InChI=1S/C13H17N3O2S/c1-15-6-9(4-12(15)17)7-16-13(18)5-10-8-19-3-2-11(10)14-16/h5,9H,2-4,6-8H2,1H3. The second-order valence-electron chi connectivity index (χ2n) is 5.28. The van der Waals surface area contributed by atoms with E-state index in [4.69, 9.17) is 0 Å². The monoisotopic (exact) mass is 279 g/mol. The zero-order valence-electron chi connectivity index (χ0n) is 11.0. The fraction of sp³-hybridized carbons (Fsp3) is 0.615. The number of rotatable bonds is 2. The Balaban J connectivity index is 1.81. The lowest BCUT2D eigenvalue weighted by Gasteiger charge is -2.17. The summed E-state index contributed by atoms with van der Waals surface area (Å²) in [6, 6.07) is 1.72. The number of carbonyl (C=O) groups is 1. The van der Waals surface area contributed by atoms with Crippen LogP contribution in [0, 0.1) is 5.92 Å². The van der Waals surface area contributed by atoms with Gasteiger partial charge in [-0.25, -0.2) is 4.68 Å². The van der Waals surface area contributed by atoms with Crippen LogP contribution >= 0.6 is 11.8 Å². The Morgan fingerprint density at radius 1 is 1.47 bits per heavy atom. The Bertz CT molecular complexity index is 569. The number of nitrogens with zero attached hydrogens (tertiary/aromatic N) is 3. The average Bonchev–Trinajstić information content (AvgIpc) is 2.69. The van der Waals surface area contributed by atoms with Gasteiger partial charge in [0.15, 0.2) is 0 Å². The normalized spacial score (nSPS) is 22.7. The number of aromatic nitrogens is 2. The molecule has 0 radical (unpaired) electrons. The third-order valence-electron chi connectivity index (χ3n) is 3.76. The molecule has 2 aliphatic rings. The van der Waals surface area contributed by atoms with Gasteiger partial charge in [-0.3, -0.25) is 9.59 Å². The fourth-order valence-electron chi connectivity index (χ4n) is 2.71. The Morgan fingerprint density at radius 2 is 2.32 bits per heavy atom. The number of thioether (sulfide) groups is 1. The van der Waals surface area contributed by atoms with E-state index in [0.29, 0.717) is 13.0 Å². The first-order chi connectivity index (χ1) is 9.13. The molecule has 1 amide bonds. The summed E-state index contributed by atoms with van der Waals surface area (Å²) in [6.45, 7) is 1.27. The van der Waals surface area contributed by atoms with Crippen molar-refractivity contribution in [3.63, 3.8) is 0 Å². The molecule has 19 heavy (non-hydrogen) atoms. The van der Waals surface area contributed by atoms with Crippen molar-refractivity contribution >= 4 is 17.7 Å². The minimum Gasteiger partial charge on any atom is -0.345 e. The molecule has 0 aromatic carbocycles. The third kappa shape index (κ3) is 2.54. The van der Waals surface area contributed by atoms with Gasteiger partial charge in [-0.2, -0.15) is 16.9 Å². The van der Waals surface area contributed by atoms with Crippen LogP contribution in [0.3, 0.4) is 0 Å². The van der Waals surface area contributed by atoms with E-state index in [2.05, 4.69) is 5.10 Å². The molecule has 1 aromatic rings. The van der Waals surface area contributed by atoms with E-state index in [1.807, 2.05) is 18.8 Å². The van der Waals surface area contributed by atoms with Gasteiger partial charge in [0.2, 0.25) is 5.91 Å². The maximum atomic E-state index is 12.0. The van der Waals surface area contributed by atoms with E-state index in [1.54, 1.807) is 15.6 Å². The molecule has 0 spiro atoms. The van der Waals surface area contributed by atoms with Gasteiger partial charge in [-0.1, -0.05) is 0 Å². The van der Waals surface area contributed by atoms with Crippen molar-refractivity contribution < 1.29 is 4.79 Å². The first-order valence-electron chi connectivity index (χ1n) is 6.55. The molecule has 102 valence electrons. The summed E-state index contributed by atoms with van der Waals surface area (Å²) in [4.78, 5) is 25.3. The van der Waals surface area contributed by atoms with E-state index in [9.17, 15) is 9.59 Å². The summed E-state index contributed by atoms with van der Waals surface area (Å²) >= 11 is 1.85. The van der Waals surface area contributed by atoms with Gasteiger partial charge in [-0.15, -0.1) is 0 Å². The van der Waals surface area contributed by atoms with Gasteiger partial charge >= 0.3 is 0 Å². The summed E-state index contributed by atoms with van der Waals surface area (Å²) in [5.74, 6) is 2.33. The summed E-state index contributed by atoms with van der Waals surface area (Å²) in [5.41, 5.74) is 2.09. The lowest BCUT2D eigenvalue weighted by atomic mass is 10.1. The SMILES string of the molecule is CN1CC(Cn2nc3c(cc2=O)CSCC3)CC1=O. The molecule has 0 bridgehead atoms. The summed E-state index contributed by atoms with van der Waals surface area (Å²) in [5, 5.41) is 4.49. The van der Waals surface area contributed by atoms with Crippen molar-refractivity contribution in [3.05, 3.63) is 27.7 Å². The lowest BCUT2D eigenvalue weighted by Crippen LogP contribution is -2.29. The Hall–Kier alpha value is -1.30. The highest BCUT2D eigenvalue weighted by Gasteiger charge is 2.27. The molecule has 1 atom stereocenters. The van der Waals surface area contributed by atoms with Gasteiger partial charge in [-0.05, 0) is 11.3 Å². The molecule has 1 unspecified atom stereocenters. The minimum absolute atomic E-state index is 0.0387. The quantitative estimate of drug-likeness (QED) is 0.791. The highest BCUT2D eigenvalue weighted by molar-refractivity contribution is 7.98. The lowest BCUT2D eigenvalue weighted by molar-refractivity contribution is -0.126. The van der Waals surface area contributed by atoms with Gasteiger partial charge in [0.25, 0.3) is 5.56 Å². The predicted molar refractivity (Wildman–Crippen MR) is 74.1 cm³/mol. The predicted octanol–water partition coefficient (Wildman–Crippen LogP) is 0.511. The fourth-order valence-corrected chi connectivity index (χ4v) is 3.66. The summed E-state index contributed by atoms with van der Waals surface area (Å²) < 4.78 is 1.55. The molecule has 1 saturated heterocycles. The van der Waals surface area contributed by atoms with E-state index in [-0.39, 0.29) is 17.4 Å².